The lowest BCUT2D eigenvalue weighted by Gasteiger charge is -2.06. The summed E-state index contributed by atoms with van der Waals surface area (Å²) in [6.45, 7) is -0.00784. The molecule has 2 aromatic carbocycles. The van der Waals surface area contributed by atoms with Crippen LogP contribution in [0.4, 0.5) is 10.5 Å². The van der Waals surface area contributed by atoms with Gasteiger partial charge in [0.15, 0.2) is 0 Å². The molecule has 0 spiro atoms. The molecular weight excluding hydrogens is 278 g/mol. The fraction of sp³-hybridized carbons (Fsp3) is 0.0714. The molecule has 0 aromatic heterocycles. The summed E-state index contributed by atoms with van der Waals surface area (Å²) in [6, 6.07) is 11.2. The van der Waals surface area contributed by atoms with Gasteiger partial charge in [-0.3, -0.25) is 10.1 Å². The van der Waals surface area contributed by atoms with Gasteiger partial charge in [0.1, 0.15) is 18.1 Å². The Morgan fingerprint density at radius 1 is 1.10 bits per heavy atom. The van der Waals surface area contributed by atoms with Crippen molar-refractivity contribution >= 4 is 11.8 Å². The maximum Gasteiger partial charge on any atom is 0.514 e. The first-order valence-corrected chi connectivity index (χ1v) is 5.91. The fourth-order valence-corrected chi connectivity index (χ4v) is 1.50. The number of carbonyl (C=O) groups is 1. The number of benzene rings is 2. The van der Waals surface area contributed by atoms with Crippen LogP contribution in [0.5, 0.6) is 11.5 Å². The lowest BCUT2D eigenvalue weighted by Crippen LogP contribution is -2.10. The molecule has 0 unspecified atom stereocenters. The van der Waals surface area contributed by atoms with E-state index in [0.717, 1.165) is 0 Å². The molecule has 1 N–H and O–H groups in total. The van der Waals surface area contributed by atoms with Crippen LogP contribution >= 0.6 is 0 Å². The van der Waals surface area contributed by atoms with Crippen LogP contribution in [0.15, 0.2) is 48.5 Å². The Hall–Kier alpha value is -3.09. The quantitative estimate of drug-likeness (QED) is 0.402. The van der Waals surface area contributed by atoms with E-state index in [4.69, 9.17) is 14.6 Å². The third kappa shape index (κ3) is 4.20. The van der Waals surface area contributed by atoms with Gasteiger partial charge in [-0.05, 0) is 29.8 Å². The Kier molecular flexibility index (Phi) is 4.35. The summed E-state index contributed by atoms with van der Waals surface area (Å²) < 4.78 is 9.73. The van der Waals surface area contributed by atoms with E-state index < -0.39 is 11.1 Å². The molecule has 108 valence electrons. The number of nitro benzene ring substituents is 1. The molecule has 2 rings (SSSR count). The second-order valence-electron chi connectivity index (χ2n) is 4.06. The summed E-state index contributed by atoms with van der Waals surface area (Å²) in [5.41, 5.74) is 0.591. The number of rotatable bonds is 4. The molecule has 2 aromatic rings. The highest BCUT2D eigenvalue weighted by Crippen LogP contribution is 2.18. The van der Waals surface area contributed by atoms with Crippen molar-refractivity contribution < 1.29 is 24.3 Å². The number of nitro groups is 1. The Bertz CT molecular complexity index is 636. The molecular formula is C14H11NO6. The Balaban J connectivity index is 1.86. The summed E-state index contributed by atoms with van der Waals surface area (Å²) in [7, 11) is 0. The minimum Gasteiger partial charge on any atom is -0.508 e. The van der Waals surface area contributed by atoms with Crippen molar-refractivity contribution in [2.75, 3.05) is 0 Å². The largest absolute Gasteiger partial charge is 0.514 e. The van der Waals surface area contributed by atoms with Crippen molar-refractivity contribution in [3.05, 3.63) is 64.2 Å². The molecule has 0 aliphatic carbocycles. The van der Waals surface area contributed by atoms with E-state index in [2.05, 4.69) is 0 Å². The van der Waals surface area contributed by atoms with Gasteiger partial charge in [0, 0.05) is 12.1 Å². The van der Waals surface area contributed by atoms with E-state index in [1.165, 1.54) is 36.4 Å². The third-order valence-corrected chi connectivity index (χ3v) is 2.54. The number of nitrogens with zero attached hydrogens (tertiary/aromatic N) is 1. The molecule has 7 nitrogen and oxygen atoms in total. The van der Waals surface area contributed by atoms with Crippen LogP contribution in [0.25, 0.3) is 0 Å². The second kappa shape index (κ2) is 6.38. The van der Waals surface area contributed by atoms with Crippen LogP contribution < -0.4 is 4.74 Å². The molecule has 21 heavy (non-hydrogen) atoms. The van der Waals surface area contributed by atoms with Crippen LogP contribution in [-0.2, 0) is 11.3 Å². The zero-order valence-corrected chi connectivity index (χ0v) is 10.8. The van der Waals surface area contributed by atoms with E-state index in [9.17, 15) is 14.9 Å². The van der Waals surface area contributed by atoms with Crippen LogP contribution in [0.1, 0.15) is 5.56 Å². The summed E-state index contributed by atoms with van der Waals surface area (Å²) in [5.74, 6) is 0.267. The number of phenols is 1. The second-order valence-corrected chi connectivity index (χ2v) is 4.06. The Morgan fingerprint density at radius 2 is 1.71 bits per heavy atom. The highest BCUT2D eigenvalue weighted by molar-refractivity contribution is 5.64. The molecule has 7 heteroatoms. The maximum atomic E-state index is 11.4. The summed E-state index contributed by atoms with van der Waals surface area (Å²) >= 11 is 0. The summed E-state index contributed by atoms with van der Waals surface area (Å²) in [5, 5.41) is 19.6. The van der Waals surface area contributed by atoms with Crippen LogP contribution in [-0.4, -0.2) is 16.2 Å². The number of ether oxygens (including phenoxy) is 2. The highest BCUT2D eigenvalue weighted by atomic mass is 16.7. The SMILES string of the molecule is O=C(OCc1ccc(O)cc1)Oc1ccc([N+](=O)[O-])cc1. The number of hydrogen-bond donors (Lipinski definition) is 1. The van der Waals surface area contributed by atoms with Crippen molar-refractivity contribution in [2.24, 2.45) is 0 Å². The van der Waals surface area contributed by atoms with E-state index in [0.29, 0.717) is 5.56 Å². The number of phenolic OH excluding ortho intramolecular Hbond substituents is 1. The van der Waals surface area contributed by atoms with E-state index >= 15 is 0 Å². The fourth-order valence-electron chi connectivity index (χ4n) is 1.50. The molecule has 0 amide bonds. The lowest BCUT2D eigenvalue weighted by molar-refractivity contribution is -0.384. The molecule has 0 saturated heterocycles. The maximum absolute atomic E-state index is 11.4. The molecule has 0 radical (unpaired) electrons. The third-order valence-electron chi connectivity index (χ3n) is 2.54. The molecule has 0 saturated carbocycles. The smallest absolute Gasteiger partial charge is 0.508 e. The predicted molar refractivity (Wildman–Crippen MR) is 72.0 cm³/mol. The summed E-state index contributed by atoms with van der Waals surface area (Å²) in [6.07, 6.45) is -0.920. The Morgan fingerprint density at radius 3 is 2.29 bits per heavy atom. The van der Waals surface area contributed by atoms with Crippen LogP contribution in [0.2, 0.25) is 0 Å². The van der Waals surface area contributed by atoms with Gasteiger partial charge in [0.2, 0.25) is 0 Å². The lowest BCUT2D eigenvalue weighted by atomic mass is 10.2. The normalized spacial score (nSPS) is 9.90. The summed E-state index contributed by atoms with van der Waals surface area (Å²) in [4.78, 5) is 21.4. The van der Waals surface area contributed by atoms with Crippen LogP contribution in [0, 0.1) is 10.1 Å². The number of hydrogen-bond acceptors (Lipinski definition) is 6. The first kappa shape index (κ1) is 14.3. The number of aromatic hydroxyl groups is 1. The van der Waals surface area contributed by atoms with Crippen molar-refractivity contribution in [2.45, 2.75) is 6.61 Å². The predicted octanol–water partition coefficient (Wildman–Crippen LogP) is 3.02. The first-order valence-electron chi connectivity index (χ1n) is 5.91. The van der Waals surface area contributed by atoms with Gasteiger partial charge < -0.3 is 14.6 Å². The van der Waals surface area contributed by atoms with E-state index in [-0.39, 0.29) is 23.8 Å². The molecule has 0 aliphatic heterocycles. The highest BCUT2D eigenvalue weighted by Gasteiger charge is 2.09. The van der Waals surface area contributed by atoms with Crippen molar-refractivity contribution in [3.8, 4) is 11.5 Å². The zero-order chi connectivity index (χ0) is 15.2. The molecule has 0 heterocycles. The molecule has 0 fully saturated rings. The molecule has 0 atom stereocenters. The van der Waals surface area contributed by atoms with Crippen molar-refractivity contribution in [3.63, 3.8) is 0 Å². The van der Waals surface area contributed by atoms with Crippen LogP contribution in [0.3, 0.4) is 0 Å². The van der Waals surface area contributed by atoms with Gasteiger partial charge in [-0.1, -0.05) is 12.1 Å². The molecule has 0 bridgehead atoms. The van der Waals surface area contributed by atoms with E-state index in [1.807, 2.05) is 0 Å². The van der Waals surface area contributed by atoms with Gasteiger partial charge in [0.25, 0.3) is 5.69 Å². The monoisotopic (exact) mass is 289 g/mol. The van der Waals surface area contributed by atoms with Gasteiger partial charge in [-0.2, -0.15) is 0 Å². The number of carbonyl (C=O) groups excluding carboxylic acids is 1. The van der Waals surface area contributed by atoms with Crippen molar-refractivity contribution in [1.29, 1.82) is 0 Å². The van der Waals surface area contributed by atoms with Gasteiger partial charge in [-0.25, -0.2) is 4.79 Å². The van der Waals surface area contributed by atoms with Gasteiger partial charge in [-0.15, -0.1) is 0 Å². The van der Waals surface area contributed by atoms with Crippen molar-refractivity contribution in [1.82, 2.24) is 0 Å². The minimum absolute atomic E-state index is 0.00784. The minimum atomic E-state index is -0.920. The average Bonchev–Trinajstić information content (AvgIpc) is 2.47. The van der Waals surface area contributed by atoms with E-state index in [1.54, 1.807) is 12.1 Å². The van der Waals surface area contributed by atoms with Gasteiger partial charge in [0.05, 0.1) is 4.92 Å². The topological polar surface area (TPSA) is 98.9 Å². The average molecular weight is 289 g/mol. The standard InChI is InChI=1S/C14H11NO6/c16-12-5-1-10(2-6-12)9-20-14(17)21-13-7-3-11(4-8-13)15(18)19/h1-8,16H,9H2. The first-order chi connectivity index (χ1) is 10.0. The van der Waals surface area contributed by atoms with Gasteiger partial charge >= 0.3 is 6.16 Å². The molecule has 0 aliphatic rings. The Labute approximate surface area is 119 Å². The zero-order valence-electron chi connectivity index (χ0n) is 10.8. The number of non-ortho nitro benzene ring substituents is 1.